The number of halogens is 3. The van der Waals surface area contributed by atoms with Gasteiger partial charge < -0.3 is 10.2 Å². The number of carbonyl (C=O) groups is 2. The number of pyridine rings is 2. The third-order valence-corrected chi connectivity index (χ3v) is 2.96. The van der Waals surface area contributed by atoms with Gasteiger partial charge in [-0.25, -0.2) is 4.98 Å². The number of hydrogen-bond donors (Lipinski definition) is 1. The SMILES string of the molecule is CN(Cc1cccnc1)C(=O)C(=O)Nc1cccc(C(F)(F)F)n1. The first-order valence-electron chi connectivity index (χ1n) is 6.77. The quantitative estimate of drug-likeness (QED) is 0.870. The normalized spacial score (nSPS) is 11.0. The summed E-state index contributed by atoms with van der Waals surface area (Å²) in [5.41, 5.74) is -0.449. The van der Waals surface area contributed by atoms with E-state index in [4.69, 9.17) is 0 Å². The van der Waals surface area contributed by atoms with Gasteiger partial charge in [-0.3, -0.25) is 14.6 Å². The molecular weight excluding hydrogens is 325 g/mol. The summed E-state index contributed by atoms with van der Waals surface area (Å²) in [5, 5.41) is 2.06. The molecule has 0 unspecified atom stereocenters. The van der Waals surface area contributed by atoms with Crippen LogP contribution in [0.3, 0.4) is 0 Å². The van der Waals surface area contributed by atoms with Crippen molar-refractivity contribution in [1.29, 1.82) is 0 Å². The number of nitrogens with zero attached hydrogens (tertiary/aromatic N) is 3. The molecule has 0 aliphatic heterocycles. The Hall–Kier alpha value is -2.97. The van der Waals surface area contributed by atoms with Crippen LogP contribution in [0.25, 0.3) is 0 Å². The van der Waals surface area contributed by atoms with Gasteiger partial charge >= 0.3 is 18.0 Å². The highest BCUT2D eigenvalue weighted by atomic mass is 19.4. The van der Waals surface area contributed by atoms with Crippen LogP contribution in [0.15, 0.2) is 42.7 Å². The maximum absolute atomic E-state index is 12.6. The molecule has 0 bridgehead atoms. The second kappa shape index (κ2) is 7.07. The number of hydrogen-bond acceptors (Lipinski definition) is 4. The van der Waals surface area contributed by atoms with Gasteiger partial charge in [-0.2, -0.15) is 13.2 Å². The molecule has 2 rings (SSSR count). The zero-order valence-electron chi connectivity index (χ0n) is 12.5. The van der Waals surface area contributed by atoms with Crippen LogP contribution in [0.1, 0.15) is 11.3 Å². The van der Waals surface area contributed by atoms with Crippen molar-refractivity contribution in [2.75, 3.05) is 12.4 Å². The molecule has 2 aromatic heterocycles. The van der Waals surface area contributed by atoms with E-state index >= 15 is 0 Å². The summed E-state index contributed by atoms with van der Waals surface area (Å²) in [6, 6.07) is 6.44. The molecule has 0 radical (unpaired) electrons. The van der Waals surface area contributed by atoms with E-state index in [0.717, 1.165) is 17.0 Å². The molecule has 0 spiro atoms. The molecule has 0 fully saturated rings. The van der Waals surface area contributed by atoms with E-state index in [0.29, 0.717) is 5.56 Å². The minimum atomic E-state index is -4.64. The average molecular weight is 338 g/mol. The first-order chi connectivity index (χ1) is 11.3. The number of alkyl halides is 3. The molecule has 6 nitrogen and oxygen atoms in total. The minimum Gasteiger partial charge on any atom is -0.333 e. The molecule has 0 atom stereocenters. The fourth-order valence-electron chi connectivity index (χ4n) is 1.84. The molecule has 0 aromatic carbocycles. The van der Waals surface area contributed by atoms with Crippen LogP contribution in [-0.2, 0) is 22.3 Å². The summed E-state index contributed by atoms with van der Waals surface area (Å²) in [4.78, 5) is 32.1. The molecule has 2 aromatic rings. The van der Waals surface area contributed by atoms with Gasteiger partial charge in [0.05, 0.1) is 0 Å². The Labute approximate surface area is 135 Å². The Morgan fingerprint density at radius 3 is 2.58 bits per heavy atom. The first-order valence-corrected chi connectivity index (χ1v) is 6.77. The van der Waals surface area contributed by atoms with Gasteiger partial charge in [0.1, 0.15) is 11.5 Å². The van der Waals surface area contributed by atoms with Crippen LogP contribution in [0.4, 0.5) is 19.0 Å². The van der Waals surface area contributed by atoms with Gasteiger partial charge in [-0.1, -0.05) is 12.1 Å². The van der Waals surface area contributed by atoms with Gasteiger partial charge in [0, 0.05) is 26.0 Å². The van der Waals surface area contributed by atoms with E-state index in [2.05, 4.69) is 15.3 Å². The number of anilines is 1. The maximum atomic E-state index is 12.6. The van der Waals surface area contributed by atoms with E-state index in [1.165, 1.54) is 19.3 Å². The summed E-state index contributed by atoms with van der Waals surface area (Å²) < 4.78 is 37.7. The molecule has 24 heavy (non-hydrogen) atoms. The number of amides is 2. The van der Waals surface area contributed by atoms with Gasteiger partial charge in [-0.15, -0.1) is 0 Å². The molecule has 0 aliphatic rings. The van der Waals surface area contributed by atoms with Crippen molar-refractivity contribution in [2.24, 2.45) is 0 Å². The molecule has 0 aliphatic carbocycles. The Morgan fingerprint density at radius 1 is 1.21 bits per heavy atom. The smallest absolute Gasteiger partial charge is 0.333 e. The monoisotopic (exact) mass is 338 g/mol. The fourth-order valence-corrected chi connectivity index (χ4v) is 1.84. The topological polar surface area (TPSA) is 75.2 Å². The van der Waals surface area contributed by atoms with Crippen molar-refractivity contribution in [3.8, 4) is 0 Å². The standard InChI is InChI=1S/C15H13F3N4O2/c1-22(9-10-4-3-7-19-8-10)14(24)13(23)21-12-6-2-5-11(20-12)15(16,17)18/h2-8H,9H2,1H3,(H,20,21,23). The number of carbonyl (C=O) groups excluding carboxylic acids is 2. The second-order valence-corrected chi connectivity index (χ2v) is 4.88. The van der Waals surface area contributed by atoms with Crippen LogP contribution >= 0.6 is 0 Å². The van der Waals surface area contributed by atoms with E-state index in [1.54, 1.807) is 18.3 Å². The van der Waals surface area contributed by atoms with Crippen molar-refractivity contribution in [2.45, 2.75) is 12.7 Å². The summed E-state index contributed by atoms with van der Waals surface area (Å²) in [6.07, 6.45) is -1.53. The zero-order valence-corrected chi connectivity index (χ0v) is 12.5. The number of aromatic nitrogens is 2. The Balaban J connectivity index is 2.02. The Bertz CT molecular complexity index is 735. The number of rotatable bonds is 3. The fraction of sp³-hybridized carbons (Fsp3) is 0.200. The van der Waals surface area contributed by atoms with E-state index < -0.39 is 23.7 Å². The minimum absolute atomic E-state index is 0.135. The lowest BCUT2D eigenvalue weighted by atomic mass is 10.2. The van der Waals surface area contributed by atoms with Crippen LogP contribution in [0, 0.1) is 0 Å². The van der Waals surface area contributed by atoms with Gasteiger partial charge in [0.15, 0.2) is 0 Å². The van der Waals surface area contributed by atoms with Crippen LogP contribution in [0.2, 0.25) is 0 Å². The zero-order chi connectivity index (χ0) is 17.7. The summed E-state index contributed by atoms with van der Waals surface area (Å²) >= 11 is 0. The number of likely N-dealkylation sites (N-methyl/N-ethyl adjacent to an activating group) is 1. The lowest BCUT2D eigenvalue weighted by molar-refractivity contribution is -0.142. The van der Waals surface area contributed by atoms with Crippen molar-refractivity contribution < 1.29 is 22.8 Å². The molecular formula is C15H13F3N4O2. The largest absolute Gasteiger partial charge is 0.433 e. The summed E-state index contributed by atoms with van der Waals surface area (Å²) in [6.45, 7) is 0.135. The van der Waals surface area contributed by atoms with E-state index in [9.17, 15) is 22.8 Å². The van der Waals surface area contributed by atoms with Gasteiger partial charge in [-0.05, 0) is 23.8 Å². The second-order valence-electron chi connectivity index (χ2n) is 4.88. The van der Waals surface area contributed by atoms with Gasteiger partial charge in [0.2, 0.25) is 0 Å². The maximum Gasteiger partial charge on any atom is 0.433 e. The third-order valence-electron chi connectivity index (χ3n) is 2.96. The number of nitrogens with one attached hydrogen (secondary N) is 1. The molecule has 2 heterocycles. The summed E-state index contributed by atoms with van der Waals surface area (Å²) in [5.74, 6) is -2.33. The average Bonchev–Trinajstić information content (AvgIpc) is 2.54. The van der Waals surface area contributed by atoms with Crippen molar-refractivity contribution in [3.63, 3.8) is 0 Å². The highest BCUT2D eigenvalue weighted by Crippen LogP contribution is 2.28. The molecule has 0 saturated carbocycles. The van der Waals surface area contributed by atoms with Gasteiger partial charge in [0.25, 0.3) is 0 Å². The third kappa shape index (κ3) is 4.51. The Kier molecular flexibility index (Phi) is 5.12. The molecule has 2 amide bonds. The highest BCUT2D eigenvalue weighted by Gasteiger charge is 2.32. The van der Waals surface area contributed by atoms with Crippen LogP contribution in [0.5, 0.6) is 0 Å². The predicted octanol–water partition coefficient (Wildman–Crippen LogP) is 2.09. The van der Waals surface area contributed by atoms with Crippen molar-refractivity contribution >= 4 is 17.6 Å². The molecule has 9 heteroatoms. The molecule has 1 N–H and O–H groups in total. The van der Waals surface area contributed by atoms with E-state index in [1.807, 2.05) is 0 Å². The van der Waals surface area contributed by atoms with Crippen LogP contribution < -0.4 is 5.32 Å². The summed E-state index contributed by atoms with van der Waals surface area (Å²) in [7, 11) is 1.40. The lowest BCUT2D eigenvalue weighted by Gasteiger charge is -2.16. The van der Waals surface area contributed by atoms with Crippen molar-refractivity contribution in [3.05, 3.63) is 54.0 Å². The highest BCUT2D eigenvalue weighted by molar-refractivity contribution is 6.39. The Morgan fingerprint density at radius 2 is 1.96 bits per heavy atom. The lowest BCUT2D eigenvalue weighted by Crippen LogP contribution is -2.36. The first kappa shape index (κ1) is 17.4. The van der Waals surface area contributed by atoms with Crippen LogP contribution in [-0.4, -0.2) is 33.7 Å². The predicted molar refractivity (Wildman–Crippen MR) is 78.6 cm³/mol. The molecule has 0 saturated heterocycles. The van der Waals surface area contributed by atoms with E-state index in [-0.39, 0.29) is 12.4 Å². The molecule has 126 valence electrons. The van der Waals surface area contributed by atoms with Crippen molar-refractivity contribution in [1.82, 2.24) is 14.9 Å².